The van der Waals surface area contributed by atoms with E-state index in [4.69, 9.17) is 4.42 Å². The van der Waals surface area contributed by atoms with E-state index < -0.39 is 0 Å². The summed E-state index contributed by atoms with van der Waals surface area (Å²) in [5, 5.41) is 7.74. The van der Waals surface area contributed by atoms with Gasteiger partial charge in [-0.1, -0.05) is 20.8 Å². The molecule has 1 atom stereocenters. The Morgan fingerprint density at radius 2 is 2.21 bits per heavy atom. The third kappa shape index (κ3) is 2.54. The van der Waals surface area contributed by atoms with Gasteiger partial charge in [0.1, 0.15) is 17.8 Å². The molecule has 0 aromatic carbocycles. The molecule has 1 N–H and O–H groups in total. The summed E-state index contributed by atoms with van der Waals surface area (Å²) in [4.78, 5) is 9.02. The van der Waals surface area contributed by atoms with E-state index in [1.54, 1.807) is 6.26 Å². The van der Waals surface area contributed by atoms with Crippen molar-refractivity contribution in [1.29, 1.82) is 0 Å². The third-order valence-corrected chi connectivity index (χ3v) is 4.50. The number of nitrogens with one attached hydrogen (secondary N) is 1. The van der Waals surface area contributed by atoms with Crippen molar-refractivity contribution in [1.82, 2.24) is 20.2 Å². The molecule has 102 valence electrons. The molecular formula is C13H18N4OS. The van der Waals surface area contributed by atoms with Crippen molar-refractivity contribution in [3.63, 3.8) is 0 Å². The molecule has 0 spiro atoms. The van der Waals surface area contributed by atoms with Crippen LogP contribution in [0.2, 0.25) is 0 Å². The number of aromatic amines is 1. The number of oxazole rings is 1. The average molecular weight is 278 g/mol. The SMILES string of the molecule is CC(C)(C)c1nc(-c2n[nH]c(C3CCCS3)n2)co1. The van der Waals surface area contributed by atoms with Crippen LogP contribution < -0.4 is 0 Å². The standard InChI is InChI=1S/C13H18N4OS/c1-13(2,3)12-14-8(7-18-12)10-15-11(17-16-10)9-5-4-6-19-9/h7,9H,4-6H2,1-3H3,(H,15,16,17). The first-order chi connectivity index (χ1) is 9.04. The highest BCUT2D eigenvalue weighted by molar-refractivity contribution is 7.99. The van der Waals surface area contributed by atoms with Gasteiger partial charge in [-0.15, -0.1) is 0 Å². The summed E-state index contributed by atoms with van der Waals surface area (Å²) in [7, 11) is 0. The van der Waals surface area contributed by atoms with Crippen molar-refractivity contribution in [2.45, 2.75) is 44.3 Å². The summed E-state index contributed by atoms with van der Waals surface area (Å²) >= 11 is 1.94. The lowest BCUT2D eigenvalue weighted by Crippen LogP contribution is -2.11. The van der Waals surface area contributed by atoms with Crippen LogP contribution in [-0.2, 0) is 5.41 Å². The molecule has 1 fully saturated rings. The molecule has 2 aromatic rings. The number of nitrogens with zero attached hydrogens (tertiary/aromatic N) is 3. The van der Waals surface area contributed by atoms with Crippen molar-refractivity contribution >= 4 is 11.8 Å². The second-order valence-corrected chi connectivity index (χ2v) is 7.14. The van der Waals surface area contributed by atoms with E-state index in [1.807, 2.05) is 11.8 Å². The Hall–Kier alpha value is -1.30. The van der Waals surface area contributed by atoms with E-state index in [0.29, 0.717) is 22.7 Å². The summed E-state index contributed by atoms with van der Waals surface area (Å²) in [5.74, 6) is 3.50. The minimum atomic E-state index is -0.0985. The van der Waals surface area contributed by atoms with E-state index in [1.165, 1.54) is 18.6 Å². The van der Waals surface area contributed by atoms with Crippen molar-refractivity contribution in [3.8, 4) is 11.5 Å². The molecule has 3 heterocycles. The van der Waals surface area contributed by atoms with E-state index in [9.17, 15) is 0 Å². The van der Waals surface area contributed by atoms with Gasteiger partial charge in [-0.2, -0.15) is 16.9 Å². The molecule has 1 saturated heterocycles. The van der Waals surface area contributed by atoms with Crippen LogP contribution >= 0.6 is 11.8 Å². The monoisotopic (exact) mass is 278 g/mol. The molecule has 5 nitrogen and oxygen atoms in total. The molecule has 19 heavy (non-hydrogen) atoms. The molecular weight excluding hydrogens is 260 g/mol. The second kappa shape index (κ2) is 4.67. The minimum Gasteiger partial charge on any atom is -0.448 e. The smallest absolute Gasteiger partial charge is 0.203 e. The maximum Gasteiger partial charge on any atom is 0.203 e. The van der Waals surface area contributed by atoms with E-state index in [-0.39, 0.29) is 5.41 Å². The summed E-state index contributed by atoms with van der Waals surface area (Å²) in [6.45, 7) is 6.21. The maximum atomic E-state index is 5.51. The molecule has 1 unspecified atom stereocenters. The zero-order valence-corrected chi connectivity index (χ0v) is 12.3. The lowest BCUT2D eigenvalue weighted by atomic mass is 9.97. The van der Waals surface area contributed by atoms with Crippen molar-refractivity contribution < 1.29 is 4.42 Å². The molecule has 2 aromatic heterocycles. The van der Waals surface area contributed by atoms with Gasteiger partial charge < -0.3 is 4.42 Å². The topological polar surface area (TPSA) is 67.6 Å². The number of rotatable bonds is 2. The largest absolute Gasteiger partial charge is 0.448 e. The maximum absolute atomic E-state index is 5.51. The van der Waals surface area contributed by atoms with Crippen molar-refractivity contribution in [2.75, 3.05) is 5.75 Å². The van der Waals surface area contributed by atoms with Crippen LogP contribution in [0, 0.1) is 0 Å². The summed E-state index contributed by atoms with van der Waals surface area (Å²) in [6, 6.07) is 0. The van der Waals surface area contributed by atoms with E-state index in [2.05, 4.69) is 40.9 Å². The van der Waals surface area contributed by atoms with Gasteiger partial charge in [-0.3, -0.25) is 5.10 Å². The number of thioether (sulfide) groups is 1. The second-order valence-electron chi connectivity index (χ2n) is 5.83. The number of aromatic nitrogens is 4. The quantitative estimate of drug-likeness (QED) is 0.912. The highest BCUT2D eigenvalue weighted by Crippen LogP contribution is 2.38. The molecule has 0 bridgehead atoms. The van der Waals surface area contributed by atoms with Gasteiger partial charge in [0.2, 0.25) is 5.82 Å². The molecule has 1 aliphatic heterocycles. The Morgan fingerprint density at radius 1 is 1.37 bits per heavy atom. The van der Waals surface area contributed by atoms with Gasteiger partial charge >= 0.3 is 0 Å². The fourth-order valence-electron chi connectivity index (χ4n) is 2.05. The first kappa shape index (κ1) is 12.7. The number of hydrogen-bond donors (Lipinski definition) is 1. The lowest BCUT2D eigenvalue weighted by molar-refractivity contribution is 0.392. The van der Waals surface area contributed by atoms with Crippen LogP contribution in [0.15, 0.2) is 10.7 Å². The van der Waals surface area contributed by atoms with E-state index >= 15 is 0 Å². The molecule has 0 amide bonds. The van der Waals surface area contributed by atoms with Gasteiger partial charge in [0, 0.05) is 5.41 Å². The third-order valence-electron chi connectivity index (χ3n) is 3.11. The molecule has 0 saturated carbocycles. The highest BCUT2D eigenvalue weighted by atomic mass is 32.2. The average Bonchev–Trinajstić information content (AvgIpc) is 3.10. The highest BCUT2D eigenvalue weighted by Gasteiger charge is 2.24. The number of hydrogen-bond acceptors (Lipinski definition) is 5. The first-order valence-electron chi connectivity index (χ1n) is 6.54. The lowest BCUT2D eigenvalue weighted by Gasteiger charge is -2.11. The molecule has 6 heteroatoms. The zero-order chi connectivity index (χ0) is 13.5. The minimum absolute atomic E-state index is 0.0985. The normalized spacial score (nSPS) is 20.1. The van der Waals surface area contributed by atoms with Crippen LogP contribution in [0.5, 0.6) is 0 Å². The molecule has 0 radical (unpaired) electrons. The molecule has 0 aliphatic carbocycles. The van der Waals surface area contributed by atoms with Crippen molar-refractivity contribution in [3.05, 3.63) is 18.0 Å². The van der Waals surface area contributed by atoms with Crippen LogP contribution in [0.1, 0.15) is 50.6 Å². The predicted octanol–water partition coefficient (Wildman–Crippen LogP) is 3.33. The fourth-order valence-corrected chi connectivity index (χ4v) is 3.26. The Bertz CT molecular complexity index is 563. The Balaban J connectivity index is 1.84. The van der Waals surface area contributed by atoms with Gasteiger partial charge in [0.05, 0.1) is 5.25 Å². The number of H-pyrrole nitrogens is 1. The van der Waals surface area contributed by atoms with Gasteiger partial charge in [-0.25, -0.2) is 9.97 Å². The fraction of sp³-hybridized carbons (Fsp3) is 0.615. The summed E-state index contributed by atoms with van der Waals surface area (Å²) < 4.78 is 5.51. The Morgan fingerprint density at radius 3 is 2.84 bits per heavy atom. The van der Waals surface area contributed by atoms with Gasteiger partial charge in [0.15, 0.2) is 5.89 Å². The van der Waals surface area contributed by atoms with Gasteiger partial charge in [-0.05, 0) is 18.6 Å². The molecule has 1 aliphatic rings. The van der Waals surface area contributed by atoms with Crippen LogP contribution in [0.4, 0.5) is 0 Å². The predicted molar refractivity (Wildman–Crippen MR) is 75.0 cm³/mol. The first-order valence-corrected chi connectivity index (χ1v) is 7.59. The summed E-state index contributed by atoms with van der Waals surface area (Å²) in [5.41, 5.74) is 0.606. The Kier molecular flexibility index (Phi) is 3.12. The Labute approximate surface area is 116 Å². The summed E-state index contributed by atoms with van der Waals surface area (Å²) in [6.07, 6.45) is 4.06. The van der Waals surface area contributed by atoms with Crippen LogP contribution in [-0.4, -0.2) is 25.9 Å². The van der Waals surface area contributed by atoms with Gasteiger partial charge in [0.25, 0.3) is 0 Å². The van der Waals surface area contributed by atoms with Crippen LogP contribution in [0.3, 0.4) is 0 Å². The van der Waals surface area contributed by atoms with E-state index in [0.717, 1.165) is 5.82 Å². The van der Waals surface area contributed by atoms with Crippen molar-refractivity contribution in [2.24, 2.45) is 0 Å². The van der Waals surface area contributed by atoms with Crippen LogP contribution in [0.25, 0.3) is 11.5 Å². The molecule has 3 rings (SSSR count). The zero-order valence-electron chi connectivity index (χ0n) is 11.4.